The molecule has 21 heavy (non-hydrogen) atoms. The third-order valence-electron chi connectivity index (χ3n) is 4.73. The van der Waals surface area contributed by atoms with Gasteiger partial charge in [0.2, 0.25) is 0 Å². The maximum absolute atomic E-state index is 11.3. The standard InChI is InChI=1S/C16H22N2O3/c1-16(2-5-19)10-12-8-14(17-20)15(9-13(12)11-16)18-3-6-21-7-4-18/h8-9,19H,2-7,10-11H2,1H3/p+1. The summed E-state index contributed by atoms with van der Waals surface area (Å²) in [5, 5.41) is 11.3. The van der Waals surface area contributed by atoms with E-state index in [2.05, 4.69) is 23.1 Å². The molecule has 3 rings (SSSR count). The minimum atomic E-state index is 0.112. The van der Waals surface area contributed by atoms with Crippen LogP contribution in [0.4, 0.5) is 11.4 Å². The number of rotatable bonds is 4. The van der Waals surface area contributed by atoms with E-state index in [1.165, 1.54) is 11.1 Å². The molecule has 2 aliphatic rings. The lowest BCUT2D eigenvalue weighted by Gasteiger charge is -2.28. The first-order valence-corrected chi connectivity index (χ1v) is 7.63. The lowest BCUT2D eigenvalue weighted by Crippen LogP contribution is -2.57. The third kappa shape index (κ3) is 2.80. The average molecular weight is 291 g/mol. The summed E-state index contributed by atoms with van der Waals surface area (Å²) in [4.78, 5) is 13.5. The van der Waals surface area contributed by atoms with Gasteiger partial charge in [0, 0.05) is 35.8 Å². The van der Waals surface area contributed by atoms with Crippen molar-refractivity contribution < 1.29 is 15.0 Å². The highest BCUT2D eigenvalue weighted by molar-refractivity contribution is 5.66. The molecule has 5 heteroatoms. The van der Waals surface area contributed by atoms with Gasteiger partial charge in [0.15, 0.2) is 0 Å². The van der Waals surface area contributed by atoms with E-state index in [9.17, 15) is 10.0 Å². The number of nitroso groups, excluding NO2 is 1. The first-order valence-electron chi connectivity index (χ1n) is 7.63. The molecule has 1 unspecified atom stereocenters. The van der Waals surface area contributed by atoms with Gasteiger partial charge in [-0.25, -0.2) is 0 Å². The number of nitrogens with one attached hydrogen (secondary N) is 1. The van der Waals surface area contributed by atoms with E-state index < -0.39 is 0 Å². The van der Waals surface area contributed by atoms with Gasteiger partial charge < -0.3 is 14.7 Å². The number of anilines is 1. The van der Waals surface area contributed by atoms with E-state index in [0.29, 0.717) is 18.9 Å². The van der Waals surface area contributed by atoms with E-state index in [0.717, 1.165) is 38.0 Å². The van der Waals surface area contributed by atoms with Crippen LogP contribution in [0.2, 0.25) is 0 Å². The number of nitrogens with zero attached hydrogens (tertiary/aromatic N) is 1. The van der Waals surface area contributed by atoms with E-state index >= 15 is 0 Å². The molecule has 0 radical (unpaired) electrons. The summed E-state index contributed by atoms with van der Waals surface area (Å²) in [6.45, 7) is 5.48. The molecule has 0 saturated carbocycles. The van der Waals surface area contributed by atoms with Crippen LogP contribution in [0.5, 0.6) is 0 Å². The van der Waals surface area contributed by atoms with Crippen molar-refractivity contribution in [2.75, 3.05) is 37.8 Å². The first kappa shape index (κ1) is 14.5. The molecule has 1 saturated heterocycles. The summed E-state index contributed by atoms with van der Waals surface area (Å²) in [5.74, 6) is 0. The van der Waals surface area contributed by atoms with Gasteiger partial charge in [0.05, 0.1) is 13.2 Å². The van der Waals surface area contributed by atoms with E-state index in [-0.39, 0.29) is 12.0 Å². The topological polar surface area (TPSA) is 63.7 Å². The molecule has 114 valence electrons. The van der Waals surface area contributed by atoms with Gasteiger partial charge >= 0.3 is 0 Å². The zero-order valence-corrected chi connectivity index (χ0v) is 12.5. The number of hydrogen-bond donors (Lipinski definition) is 2. The Morgan fingerprint density at radius 3 is 2.57 bits per heavy atom. The van der Waals surface area contributed by atoms with Crippen molar-refractivity contribution in [1.29, 1.82) is 0 Å². The molecule has 1 aliphatic carbocycles. The Kier molecular flexibility index (Phi) is 3.95. The molecule has 2 N–H and O–H groups in total. The van der Waals surface area contributed by atoms with Gasteiger partial charge in [-0.2, -0.15) is 0 Å². The van der Waals surface area contributed by atoms with Gasteiger partial charge in [-0.3, -0.25) is 0 Å². The average Bonchev–Trinajstić information content (AvgIpc) is 2.82. The Hall–Kier alpha value is -1.46. The van der Waals surface area contributed by atoms with Crippen LogP contribution in [-0.2, 0) is 17.6 Å². The Morgan fingerprint density at radius 1 is 1.29 bits per heavy atom. The van der Waals surface area contributed by atoms with Gasteiger partial charge in [0.25, 0.3) is 5.69 Å². The number of hydrogen-bond acceptors (Lipinski definition) is 4. The lowest BCUT2D eigenvalue weighted by molar-refractivity contribution is -0.378. The largest absolute Gasteiger partial charge is 0.396 e. The van der Waals surface area contributed by atoms with Gasteiger partial charge in [-0.1, -0.05) is 6.92 Å². The Morgan fingerprint density at radius 2 is 1.95 bits per heavy atom. The normalized spacial score (nSPS) is 25.0. The van der Waals surface area contributed by atoms with Gasteiger partial charge in [-0.05, 0) is 41.9 Å². The van der Waals surface area contributed by atoms with Crippen LogP contribution in [0.15, 0.2) is 12.1 Å². The fourth-order valence-corrected chi connectivity index (χ4v) is 3.58. The molecule has 0 bridgehead atoms. The molecule has 1 atom stereocenters. The van der Waals surface area contributed by atoms with Crippen LogP contribution in [0, 0.1) is 10.3 Å². The van der Waals surface area contributed by atoms with Crippen LogP contribution < -0.4 is 10.1 Å². The van der Waals surface area contributed by atoms with Crippen LogP contribution in [0.3, 0.4) is 0 Å². The predicted molar refractivity (Wildman–Crippen MR) is 80.7 cm³/mol. The monoisotopic (exact) mass is 291 g/mol. The third-order valence-corrected chi connectivity index (χ3v) is 4.73. The second-order valence-electron chi connectivity index (χ2n) is 6.48. The summed E-state index contributed by atoms with van der Waals surface area (Å²) in [5.41, 5.74) is 4.30. The van der Waals surface area contributed by atoms with Crippen LogP contribution >= 0.6 is 0 Å². The van der Waals surface area contributed by atoms with Crippen molar-refractivity contribution in [3.05, 3.63) is 28.2 Å². The number of morpholine rings is 1. The van der Waals surface area contributed by atoms with Crippen molar-refractivity contribution in [3.63, 3.8) is 0 Å². The Bertz CT molecular complexity index is 541. The van der Waals surface area contributed by atoms with Crippen LogP contribution in [0.1, 0.15) is 24.5 Å². The maximum Gasteiger partial charge on any atom is 0.276 e. The highest BCUT2D eigenvalue weighted by Gasteiger charge is 2.34. The van der Waals surface area contributed by atoms with Gasteiger partial charge in [0.1, 0.15) is 5.69 Å². The second-order valence-corrected chi connectivity index (χ2v) is 6.48. The number of benzene rings is 1. The Labute approximate surface area is 124 Å². The van der Waals surface area contributed by atoms with E-state index in [1.807, 2.05) is 6.07 Å². The van der Waals surface area contributed by atoms with Crippen molar-refractivity contribution in [3.8, 4) is 0 Å². The maximum atomic E-state index is 11.3. The zero-order valence-electron chi connectivity index (χ0n) is 12.5. The molecule has 1 aromatic carbocycles. The van der Waals surface area contributed by atoms with Crippen molar-refractivity contribution >= 4 is 11.4 Å². The molecule has 1 heterocycles. The van der Waals surface area contributed by atoms with Crippen molar-refractivity contribution in [2.24, 2.45) is 5.41 Å². The van der Waals surface area contributed by atoms with Crippen LogP contribution in [0.25, 0.3) is 0 Å². The number of ether oxygens (including phenoxy) is 1. The SMILES string of the molecule is CC1(CCO)Cc2cc([NH+]=O)c(N3CCOCC3)cc2C1. The molecule has 0 aromatic heterocycles. The summed E-state index contributed by atoms with van der Waals surface area (Å²) >= 11 is 0. The fraction of sp³-hybridized carbons (Fsp3) is 0.625. The zero-order chi connectivity index (χ0) is 14.9. The molecule has 0 amide bonds. The quantitative estimate of drug-likeness (QED) is 0.847. The summed E-state index contributed by atoms with van der Waals surface area (Å²) < 4.78 is 5.38. The minimum Gasteiger partial charge on any atom is -0.396 e. The molecule has 1 aromatic rings. The van der Waals surface area contributed by atoms with E-state index in [4.69, 9.17) is 4.74 Å². The molecule has 1 aliphatic heterocycles. The summed E-state index contributed by atoms with van der Waals surface area (Å²) in [6.07, 6.45) is 2.70. The number of fused-ring (bicyclic) bond motifs is 1. The molecule has 1 fully saturated rings. The van der Waals surface area contributed by atoms with Crippen molar-refractivity contribution in [2.45, 2.75) is 26.2 Å². The number of aliphatic hydroxyl groups excluding tert-OH is 1. The number of aliphatic hydroxyl groups is 1. The predicted octanol–water partition coefficient (Wildman–Crippen LogP) is 0.489. The van der Waals surface area contributed by atoms with Crippen molar-refractivity contribution in [1.82, 2.24) is 0 Å². The lowest BCUT2D eigenvalue weighted by atomic mass is 9.84. The van der Waals surface area contributed by atoms with Gasteiger partial charge in [-0.15, -0.1) is 0 Å². The fourth-order valence-electron chi connectivity index (χ4n) is 3.58. The molecular weight excluding hydrogens is 268 g/mol. The smallest absolute Gasteiger partial charge is 0.276 e. The van der Waals surface area contributed by atoms with Crippen LogP contribution in [-0.4, -0.2) is 38.0 Å². The Balaban J connectivity index is 1.92. The summed E-state index contributed by atoms with van der Waals surface area (Å²) in [6, 6.07) is 4.15. The highest BCUT2D eigenvalue weighted by Crippen LogP contribution is 2.42. The second kappa shape index (κ2) is 5.73. The molecule has 5 nitrogen and oxygen atoms in total. The first-order chi connectivity index (χ1) is 10.1. The van der Waals surface area contributed by atoms with E-state index in [1.54, 1.807) is 0 Å². The minimum absolute atomic E-state index is 0.112. The molecular formula is C16H23N2O3+. The summed E-state index contributed by atoms with van der Waals surface area (Å²) in [7, 11) is 0. The highest BCUT2D eigenvalue weighted by atomic mass is 16.5. The molecule has 0 spiro atoms.